The largest absolute Gasteiger partial charge is 0.382 e. The van der Waals surface area contributed by atoms with Gasteiger partial charge in [0, 0.05) is 30.3 Å². The first-order valence-electron chi connectivity index (χ1n) is 6.05. The predicted octanol–water partition coefficient (Wildman–Crippen LogP) is 2.48. The molecule has 0 saturated carbocycles. The molecular formula is C12H22N2OS. The van der Waals surface area contributed by atoms with E-state index in [1.807, 2.05) is 18.6 Å². The normalized spacial score (nSPS) is 12.9. The van der Waals surface area contributed by atoms with Gasteiger partial charge in [-0.25, -0.2) is 0 Å². The standard InChI is InChI=1S/C12H22N2OS/c1-3-14-11(6-5-7-15-4-2)8-12-9-13-10-16-12/h9-11,14H,3-8H2,1-2H3. The van der Waals surface area contributed by atoms with Crippen LogP contribution in [0.5, 0.6) is 0 Å². The summed E-state index contributed by atoms with van der Waals surface area (Å²) in [6, 6.07) is 0.561. The molecule has 1 atom stereocenters. The summed E-state index contributed by atoms with van der Waals surface area (Å²) >= 11 is 1.74. The molecule has 3 nitrogen and oxygen atoms in total. The lowest BCUT2D eigenvalue weighted by atomic mass is 10.1. The van der Waals surface area contributed by atoms with E-state index < -0.39 is 0 Å². The maximum absolute atomic E-state index is 5.36. The van der Waals surface area contributed by atoms with Crippen molar-refractivity contribution in [3.05, 3.63) is 16.6 Å². The molecule has 92 valence electrons. The summed E-state index contributed by atoms with van der Waals surface area (Å²) in [7, 11) is 0. The van der Waals surface area contributed by atoms with Crippen LogP contribution in [0.25, 0.3) is 0 Å². The van der Waals surface area contributed by atoms with E-state index in [1.54, 1.807) is 11.3 Å². The fourth-order valence-electron chi connectivity index (χ4n) is 1.73. The number of nitrogens with zero attached hydrogens (tertiary/aromatic N) is 1. The minimum atomic E-state index is 0.561. The van der Waals surface area contributed by atoms with Crippen molar-refractivity contribution < 1.29 is 4.74 Å². The SMILES string of the molecule is CCNC(CCCOCC)Cc1cncs1. The first kappa shape index (κ1) is 13.6. The lowest BCUT2D eigenvalue weighted by Gasteiger charge is -2.16. The number of nitrogens with one attached hydrogen (secondary N) is 1. The van der Waals surface area contributed by atoms with E-state index in [2.05, 4.69) is 17.2 Å². The summed E-state index contributed by atoms with van der Waals surface area (Å²) in [5, 5.41) is 3.52. The van der Waals surface area contributed by atoms with Crippen molar-refractivity contribution in [2.75, 3.05) is 19.8 Å². The Balaban J connectivity index is 2.24. The molecule has 0 amide bonds. The molecule has 0 radical (unpaired) electrons. The van der Waals surface area contributed by atoms with E-state index in [-0.39, 0.29) is 0 Å². The Morgan fingerprint density at radius 2 is 2.38 bits per heavy atom. The van der Waals surface area contributed by atoms with Gasteiger partial charge in [0.2, 0.25) is 0 Å². The van der Waals surface area contributed by atoms with Gasteiger partial charge in [-0.3, -0.25) is 4.98 Å². The van der Waals surface area contributed by atoms with E-state index in [9.17, 15) is 0 Å². The zero-order valence-corrected chi connectivity index (χ0v) is 11.1. The maximum atomic E-state index is 5.36. The molecule has 1 N–H and O–H groups in total. The molecule has 0 aromatic carbocycles. The molecule has 1 aromatic rings. The molecular weight excluding hydrogens is 220 g/mol. The van der Waals surface area contributed by atoms with Gasteiger partial charge in [-0.2, -0.15) is 0 Å². The van der Waals surface area contributed by atoms with E-state index in [0.29, 0.717) is 6.04 Å². The first-order valence-corrected chi connectivity index (χ1v) is 6.93. The summed E-state index contributed by atoms with van der Waals surface area (Å²) in [5.74, 6) is 0. The Morgan fingerprint density at radius 3 is 3.00 bits per heavy atom. The van der Waals surface area contributed by atoms with Crippen molar-refractivity contribution in [2.45, 2.75) is 39.2 Å². The minimum absolute atomic E-state index is 0.561. The molecule has 0 aliphatic rings. The molecule has 0 aliphatic heterocycles. The topological polar surface area (TPSA) is 34.1 Å². The number of thiazole rings is 1. The van der Waals surface area contributed by atoms with Gasteiger partial charge in [0.25, 0.3) is 0 Å². The highest BCUT2D eigenvalue weighted by molar-refractivity contribution is 7.09. The summed E-state index contributed by atoms with van der Waals surface area (Å²) in [5.41, 5.74) is 1.90. The number of rotatable bonds is 9. The van der Waals surface area contributed by atoms with Crippen molar-refractivity contribution in [1.82, 2.24) is 10.3 Å². The van der Waals surface area contributed by atoms with Gasteiger partial charge in [0.1, 0.15) is 0 Å². The van der Waals surface area contributed by atoms with Crippen LogP contribution in [0.1, 0.15) is 31.6 Å². The predicted molar refractivity (Wildman–Crippen MR) is 69.0 cm³/mol. The second-order valence-electron chi connectivity index (χ2n) is 3.77. The lowest BCUT2D eigenvalue weighted by Crippen LogP contribution is -2.31. The number of aromatic nitrogens is 1. The van der Waals surface area contributed by atoms with Gasteiger partial charge in [-0.15, -0.1) is 11.3 Å². The van der Waals surface area contributed by atoms with Crippen LogP contribution in [0.3, 0.4) is 0 Å². The van der Waals surface area contributed by atoms with Crippen LogP contribution >= 0.6 is 11.3 Å². The third-order valence-electron chi connectivity index (χ3n) is 2.47. The molecule has 4 heteroatoms. The summed E-state index contributed by atoms with van der Waals surface area (Å²) in [6.07, 6.45) is 5.36. The first-order chi connectivity index (χ1) is 7.86. The lowest BCUT2D eigenvalue weighted by molar-refractivity contribution is 0.141. The van der Waals surface area contributed by atoms with Gasteiger partial charge < -0.3 is 10.1 Å². The molecule has 1 aromatic heterocycles. The van der Waals surface area contributed by atoms with Crippen LogP contribution in [-0.2, 0) is 11.2 Å². The van der Waals surface area contributed by atoms with Crippen molar-refractivity contribution in [3.8, 4) is 0 Å². The Kier molecular flexibility index (Phi) is 7.38. The highest BCUT2D eigenvalue weighted by Crippen LogP contribution is 2.11. The molecule has 16 heavy (non-hydrogen) atoms. The smallest absolute Gasteiger partial charge is 0.0794 e. The number of hydrogen-bond acceptors (Lipinski definition) is 4. The Hall–Kier alpha value is -0.450. The summed E-state index contributed by atoms with van der Waals surface area (Å²) in [6.45, 7) is 6.92. The van der Waals surface area contributed by atoms with Gasteiger partial charge in [-0.1, -0.05) is 6.92 Å². The van der Waals surface area contributed by atoms with Crippen LogP contribution in [0.4, 0.5) is 0 Å². The van der Waals surface area contributed by atoms with Gasteiger partial charge >= 0.3 is 0 Å². The molecule has 1 unspecified atom stereocenters. The van der Waals surface area contributed by atoms with E-state index >= 15 is 0 Å². The molecule has 0 fully saturated rings. The molecule has 0 saturated heterocycles. The quantitative estimate of drug-likeness (QED) is 0.676. The molecule has 0 aliphatic carbocycles. The highest BCUT2D eigenvalue weighted by atomic mass is 32.1. The fraction of sp³-hybridized carbons (Fsp3) is 0.750. The number of hydrogen-bond donors (Lipinski definition) is 1. The van der Waals surface area contributed by atoms with Crippen LogP contribution in [0.15, 0.2) is 11.7 Å². The zero-order chi connectivity index (χ0) is 11.6. The summed E-state index contributed by atoms with van der Waals surface area (Å²) < 4.78 is 5.36. The Morgan fingerprint density at radius 1 is 1.50 bits per heavy atom. The van der Waals surface area contributed by atoms with Crippen molar-refractivity contribution >= 4 is 11.3 Å². The second-order valence-corrected chi connectivity index (χ2v) is 4.74. The minimum Gasteiger partial charge on any atom is -0.382 e. The van der Waals surface area contributed by atoms with E-state index in [0.717, 1.165) is 32.6 Å². The average Bonchev–Trinajstić information content (AvgIpc) is 2.77. The van der Waals surface area contributed by atoms with Crippen molar-refractivity contribution in [3.63, 3.8) is 0 Å². The van der Waals surface area contributed by atoms with E-state index in [4.69, 9.17) is 4.74 Å². The molecule has 0 spiro atoms. The monoisotopic (exact) mass is 242 g/mol. The number of likely N-dealkylation sites (N-methyl/N-ethyl adjacent to an activating group) is 1. The van der Waals surface area contributed by atoms with Crippen LogP contribution in [-0.4, -0.2) is 30.8 Å². The Labute approximate surface area is 102 Å². The maximum Gasteiger partial charge on any atom is 0.0794 e. The fourth-order valence-corrected chi connectivity index (χ4v) is 2.40. The average molecular weight is 242 g/mol. The van der Waals surface area contributed by atoms with Crippen LogP contribution in [0.2, 0.25) is 0 Å². The van der Waals surface area contributed by atoms with Crippen molar-refractivity contribution in [2.24, 2.45) is 0 Å². The van der Waals surface area contributed by atoms with Crippen LogP contribution < -0.4 is 5.32 Å². The second kappa shape index (κ2) is 8.67. The molecule has 0 bridgehead atoms. The van der Waals surface area contributed by atoms with Crippen molar-refractivity contribution in [1.29, 1.82) is 0 Å². The zero-order valence-electron chi connectivity index (χ0n) is 10.2. The third-order valence-corrected chi connectivity index (χ3v) is 3.27. The van der Waals surface area contributed by atoms with Gasteiger partial charge in [0.05, 0.1) is 5.51 Å². The Bertz CT molecular complexity index is 252. The van der Waals surface area contributed by atoms with E-state index in [1.165, 1.54) is 11.3 Å². The van der Waals surface area contributed by atoms with Gasteiger partial charge in [0.15, 0.2) is 0 Å². The summed E-state index contributed by atoms with van der Waals surface area (Å²) in [4.78, 5) is 5.47. The third kappa shape index (κ3) is 5.58. The number of ether oxygens (including phenoxy) is 1. The van der Waals surface area contributed by atoms with Gasteiger partial charge in [-0.05, 0) is 32.7 Å². The van der Waals surface area contributed by atoms with Crippen LogP contribution in [0, 0.1) is 0 Å². The molecule has 1 heterocycles. The highest BCUT2D eigenvalue weighted by Gasteiger charge is 2.08. The molecule has 1 rings (SSSR count).